The van der Waals surface area contributed by atoms with Gasteiger partial charge in [-0.25, -0.2) is 0 Å². The van der Waals surface area contributed by atoms with Gasteiger partial charge in [-0.3, -0.25) is 9.59 Å². The Kier molecular flexibility index (Phi) is 7.60. The van der Waals surface area contributed by atoms with Crippen molar-refractivity contribution in [2.24, 2.45) is 5.41 Å². The van der Waals surface area contributed by atoms with Crippen LogP contribution < -0.4 is 15.4 Å². The molecule has 7 heteroatoms. The Morgan fingerprint density at radius 3 is 2.32 bits per heavy atom. The summed E-state index contributed by atoms with van der Waals surface area (Å²) in [4.78, 5) is 24.9. The number of ether oxygens (including phenoxy) is 2. The Balaban J connectivity index is 2.16. The van der Waals surface area contributed by atoms with E-state index in [1.54, 1.807) is 43.5 Å². The zero-order chi connectivity index (χ0) is 20.7. The summed E-state index contributed by atoms with van der Waals surface area (Å²) < 4.78 is 11.4. The molecule has 0 radical (unpaired) electrons. The molecular weight excluding hydrogens is 424 g/mol. The number of nitrogens with one attached hydrogen (secondary N) is 2. The van der Waals surface area contributed by atoms with Crippen LogP contribution in [0.5, 0.6) is 5.75 Å². The Hall–Kier alpha value is -2.38. The largest absolute Gasteiger partial charge is 0.490 e. The van der Waals surface area contributed by atoms with E-state index in [4.69, 9.17) is 9.47 Å². The summed E-state index contributed by atoms with van der Waals surface area (Å²) in [6.45, 7) is 6.28. The molecular formula is C21H25BrN2O4. The van der Waals surface area contributed by atoms with Crippen LogP contribution in [0.3, 0.4) is 0 Å². The summed E-state index contributed by atoms with van der Waals surface area (Å²) in [6.07, 6.45) is 0. The van der Waals surface area contributed by atoms with E-state index in [9.17, 15) is 9.59 Å². The van der Waals surface area contributed by atoms with Gasteiger partial charge in [-0.1, -0.05) is 42.8 Å². The van der Waals surface area contributed by atoms with E-state index in [-0.39, 0.29) is 11.8 Å². The predicted molar refractivity (Wildman–Crippen MR) is 114 cm³/mol. The Morgan fingerprint density at radius 2 is 1.68 bits per heavy atom. The number of methoxy groups -OCH3 is 1. The highest BCUT2D eigenvalue weighted by Gasteiger charge is 2.21. The van der Waals surface area contributed by atoms with Crippen LogP contribution in [0.4, 0.5) is 11.4 Å². The minimum Gasteiger partial charge on any atom is -0.490 e. The molecule has 6 nitrogen and oxygen atoms in total. The molecule has 0 unspecified atom stereocenters. The first-order valence-electron chi connectivity index (χ1n) is 8.85. The lowest BCUT2D eigenvalue weighted by Crippen LogP contribution is -2.27. The molecule has 0 bridgehead atoms. The molecule has 0 aromatic heterocycles. The van der Waals surface area contributed by atoms with Gasteiger partial charge in [-0.15, -0.1) is 0 Å². The molecule has 0 saturated heterocycles. The third-order valence-electron chi connectivity index (χ3n) is 3.79. The number of amides is 2. The monoisotopic (exact) mass is 448 g/mol. The third-order valence-corrected chi connectivity index (χ3v) is 4.28. The Morgan fingerprint density at radius 1 is 1.00 bits per heavy atom. The summed E-state index contributed by atoms with van der Waals surface area (Å²) >= 11 is 3.38. The van der Waals surface area contributed by atoms with Crippen LogP contribution in [-0.2, 0) is 9.53 Å². The maximum atomic E-state index is 12.8. The lowest BCUT2D eigenvalue weighted by Gasteiger charge is -2.18. The number of benzene rings is 2. The van der Waals surface area contributed by atoms with Gasteiger partial charge in [0.1, 0.15) is 12.4 Å². The summed E-state index contributed by atoms with van der Waals surface area (Å²) in [7, 11) is 1.59. The number of hydrogen-bond donors (Lipinski definition) is 2. The molecule has 0 atom stereocenters. The standard InChI is InChI=1S/C21H25BrN2O4/c1-21(2,3)20(26)24-16-7-5-6-15(13-16)23-19(25)17-12-14(22)8-9-18(17)28-11-10-27-4/h5-9,12-13H,10-11H2,1-4H3,(H,23,25)(H,24,26). The van der Waals surface area contributed by atoms with Crippen molar-refractivity contribution in [3.05, 3.63) is 52.5 Å². The van der Waals surface area contributed by atoms with E-state index in [0.717, 1.165) is 4.47 Å². The Labute approximate surface area is 173 Å². The van der Waals surface area contributed by atoms with Gasteiger partial charge in [-0.05, 0) is 36.4 Å². The van der Waals surface area contributed by atoms with Crippen LogP contribution >= 0.6 is 15.9 Å². The molecule has 2 N–H and O–H groups in total. The zero-order valence-electron chi connectivity index (χ0n) is 16.5. The fourth-order valence-electron chi connectivity index (χ4n) is 2.23. The summed E-state index contributed by atoms with van der Waals surface area (Å²) in [5.74, 6) is 0.0553. The lowest BCUT2D eigenvalue weighted by atomic mass is 9.95. The van der Waals surface area contributed by atoms with Crippen molar-refractivity contribution in [3.8, 4) is 5.75 Å². The highest BCUT2D eigenvalue weighted by Crippen LogP contribution is 2.25. The Bertz CT molecular complexity index is 847. The average Bonchev–Trinajstić information content (AvgIpc) is 2.62. The van der Waals surface area contributed by atoms with Crippen molar-refractivity contribution in [1.82, 2.24) is 0 Å². The lowest BCUT2D eigenvalue weighted by molar-refractivity contribution is -0.123. The van der Waals surface area contributed by atoms with E-state index in [1.165, 1.54) is 0 Å². The number of rotatable bonds is 7. The van der Waals surface area contributed by atoms with Crippen molar-refractivity contribution >= 4 is 39.1 Å². The number of carbonyl (C=O) groups is 2. The number of anilines is 2. The van der Waals surface area contributed by atoms with Crippen molar-refractivity contribution in [3.63, 3.8) is 0 Å². The van der Waals surface area contributed by atoms with Crippen molar-refractivity contribution in [2.45, 2.75) is 20.8 Å². The van der Waals surface area contributed by atoms with Crippen LogP contribution in [-0.4, -0.2) is 32.1 Å². The molecule has 0 spiro atoms. The van der Waals surface area contributed by atoms with Gasteiger partial charge in [0, 0.05) is 28.4 Å². The second-order valence-electron chi connectivity index (χ2n) is 7.22. The highest BCUT2D eigenvalue weighted by atomic mass is 79.9. The molecule has 0 aliphatic rings. The average molecular weight is 449 g/mol. The number of halogens is 1. The van der Waals surface area contributed by atoms with Crippen molar-refractivity contribution < 1.29 is 19.1 Å². The summed E-state index contributed by atoms with van der Waals surface area (Å²) in [5.41, 5.74) is 1.07. The van der Waals surface area contributed by atoms with Gasteiger partial charge < -0.3 is 20.1 Å². The minimum atomic E-state index is -0.510. The van der Waals surface area contributed by atoms with Gasteiger partial charge in [-0.2, -0.15) is 0 Å². The smallest absolute Gasteiger partial charge is 0.259 e. The SMILES string of the molecule is COCCOc1ccc(Br)cc1C(=O)Nc1cccc(NC(=O)C(C)(C)C)c1. The van der Waals surface area contributed by atoms with E-state index >= 15 is 0 Å². The maximum absolute atomic E-state index is 12.8. The van der Waals surface area contributed by atoms with E-state index in [1.807, 2.05) is 26.8 Å². The van der Waals surface area contributed by atoms with Gasteiger partial charge in [0.25, 0.3) is 5.91 Å². The van der Waals surface area contributed by atoms with Crippen molar-refractivity contribution in [2.75, 3.05) is 31.0 Å². The number of carbonyl (C=O) groups excluding carboxylic acids is 2. The van der Waals surface area contributed by atoms with Gasteiger partial charge >= 0.3 is 0 Å². The van der Waals surface area contributed by atoms with Crippen LogP contribution in [0.1, 0.15) is 31.1 Å². The molecule has 28 heavy (non-hydrogen) atoms. The zero-order valence-corrected chi connectivity index (χ0v) is 18.1. The van der Waals surface area contributed by atoms with Gasteiger partial charge in [0.05, 0.1) is 12.2 Å². The highest BCUT2D eigenvalue weighted by molar-refractivity contribution is 9.10. The van der Waals surface area contributed by atoms with Crippen LogP contribution in [0.15, 0.2) is 46.9 Å². The van der Waals surface area contributed by atoms with E-state index < -0.39 is 5.41 Å². The quantitative estimate of drug-likeness (QED) is 0.601. The molecule has 0 aliphatic carbocycles. The van der Waals surface area contributed by atoms with Crippen LogP contribution in [0, 0.1) is 5.41 Å². The second-order valence-corrected chi connectivity index (χ2v) is 8.14. The number of hydrogen-bond acceptors (Lipinski definition) is 4. The van der Waals surface area contributed by atoms with Gasteiger partial charge in [0.2, 0.25) is 5.91 Å². The summed E-state index contributed by atoms with van der Waals surface area (Å²) in [6, 6.07) is 12.3. The van der Waals surface area contributed by atoms with E-state index in [2.05, 4.69) is 26.6 Å². The molecule has 2 rings (SSSR count). The fraction of sp³-hybridized carbons (Fsp3) is 0.333. The first kappa shape index (κ1) is 21.9. The topological polar surface area (TPSA) is 76.7 Å². The predicted octanol–water partition coefficient (Wildman–Crippen LogP) is 4.71. The first-order chi connectivity index (χ1) is 13.2. The molecule has 0 saturated carbocycles. The summed E-state index contributed by atoms with van der Waals surface area (Å²) in [5, 5.41) is 5.70. The van der Waals surface area contributed by atoms with Crippen LogP contribution in [0.2, 0.25) is 0 Å². The molecule has 2 amide bonds. The molecule has 0 fully saturated rings. The molecule has 2 aromatic carbocycles. The second kappa shape index (κ2) is 9.71. The molecule has 0 heterocycles. The van der Waals surface area contributed by atoms with E-state index in [0.29, 0.717) is 35.9 Å². The van der Waals surface area contributed by atoms with Crippen LogP contribution in [0.25, 0.3) is 0 Å². The normalized spacial score (nSPS) is 11.0. The molecule has 2 aromatic rings. The fourth-order valence-corrected chi connectivity index (χ4v) is 2.59. The third kappa shape index (κ3) is 6.35. The molecule has 150 valence electrons. The molecule has 0 aliphatic heterocycles. The first-order valence-corrected chi connectivity index (χ1v) is 9.64. The van der Waals surface area contributed by atoms with Gasteiger partial charge in [0.15, 0.2) is 0 Å². The minimum absolute atomic E-state index is 0.100. The maximum Gasteiger partial charge on any atom is 0.259 e. The van der Waals surface area contributed by atoms with Crippen molar-refractivity contribution in [1.29, 1.82) is 0 Å².